The summed E-state index contributed by atoms with van der Waals surface area (Å²) >= 11 is 0. The standard InChI is InChI=1S/C21H24N2O3/c1-14(20(22)15-6-3-2-4-7-15)21(24)23-11-5-8-17(23)16-9-10-18-19(12-16)26-13-25-18/h2-4,6-7,9-10,12,14,17,20H,5,8,11,13,22H2,1H3. The van der Waals surface area contributed by atoms with E-state index in [0.29, 0.717) is 0 Å². The lowest BCUT2D eigenvalue weighted by Gasteiger charge is -2.30. The Morgan fingerprint density at radius 2 is 1.92 bits per heavy atom. The number of carbonyl (C=O) groups is 1. The van der Waals surface area contributed by atoms with E-state index in [1.165, 1.54) is 0 Å². The van der Waals surface area contributed by atoms with Crippen LogP contribution in [0, 0.1) is 5.92 Å². The molecule has 5 heteroatoms. The number of rotatable bonds is 4. The molecule has 1 saturated heterocycles. The van der Waals surface area contributed by atoms with Crippen molar-refractivity contribution in [3.63, 3.8) is 0 Å². The van der Waals surface area contributed by atoms with Gasteiger partial charge in [0.15, 0.2) is 11.5 Å². The molecule has 3 unspecified atom stereocenters. The summed E-state index contributed by atoms with van der Waals surface area (Å²) in [6.07, 6.45) is 1.96. The molecule has 0 saturated carbocycles. The number of hydrogen-bond acceptors (Lipinski definition) is 4. The summed E-state index contributed by atoms with van der Waals surface area (Å²) in [6.45, 7) is 2.95. The van der Waals surface area contributed by atoms with Gasteiger partial charge in [-0.05, 0) is 36.1 Å². The highest BCUT2D eigenvalue weighted by Crippen LogP contribution is 2.39. The number of ether oxygens (including phenoxy) is 2. The molecule has 4 rings (SSSR count). The van der Waals surface area contributed by atoms with E-state index >= 15 is 0 Å². The first-order chi connectivity index (χ1) is 12.6. The van der Waals surface area contributed by atoms with Gasteiger partial charge in [0.25, 0.3) is 0 Å². The van der Waals surface area contributed by atoms with E-state index in [9.17, 15) is 4.79 Å². The van der Waals surface area contributed by atoms with E-state index in [4.69, 9.17) is 15.2 Å². The molecule has 136 valence electrons. The van der Waals surface area contributed by atoms with Crippen molar-refractivity contribution in [3.8, 4) is 11.5 Å². The van der Waals surface area contributed by atoms with Gasteiger partial charge >= 0.3 is 0 Å². The van der Waals surface area contributed by atoms with E-state index < -0.39 is 0 Å². The van der Waals surface area contributed by atoms with Gasteiger partial charge in [-0.15, -0.1) is 0 Å². The molecule has 0 bridgehead atoms. The van der Waals surface area contributed by atoms with Crippen molar-refractivity contribution in [3.05, 3.63) is 59.7 Å². The molecule has 2 aliphatic rings. The van der Waals surface area contributed by atoms with Crippen molar-refractivity contribution >= 4 is 5.91 Å². The lowest BCUT2D eigenvalue weighted by molar-refractivity contribution is -0.136. The van der Waals surface area contributed by atoms with E-state index in [1.54, 1.807) is 0 Å². The number of benzene rings is 2. The second-order valence-electron chi connectivity index (χ2n) is 7.03. The zero-order valence-corrected chi connectivity index (χ0v) is 14.9. The fourth-order valence-electron chi connectivity index (χ4n) is 3.88. The summed E-state index contributed by atoms with van der Waals surface area (Å²) < 4.78 is 10.9. The summed E-state index contributed by atoms with van der Waals surface area (Å²) in [7, 11) is 0. The topological polar surface area (TPSA) is 64.8 Å². The number of amides is 1. The highest BCUT2D eigenvalue weighted by molar-refractivity contribution is 5.80. The first kappa shape index (κ1) is 16.9. The summed E-state index contributed by atoms with van der Waals surface area (Å²) in [5.74, 6) is 1.37. The third kappa shape index (κ3) is 3.03. The van der Waals surface area contributed by atoms with E-state index in [-0.39, 0.29) is 30.7 Å². The largest absolute Gasteiger partial charge is 0.454 e. The average molecular weight is 352 g/mol. The second-order valence-corrected chi connectivity index (χ2v) is 7.03. The van der Waals surface area contributed by atoms with E-state index in [2.05, 4.69) is 0 Å². The monoisotopic (exact) mass is 352 g/mol. The average Bonchev–Trinajstić information content (AvgIpc) is 3.35. The van der Waals surface area contributed by atoms with Crippen LogP contribution in [0.4, 0.5) is 0 Å². The number of fused-ring (bicyclic) bond motifs is 1. The smallest absolute Gasteiger partial charge is 0.231 e. The number of nitrogens with zero attached hydrogens (tertiary/aromatic N) is 1. The first-order valence-electron chi connectivity index (χ1n) is 9.15. The summed E-state index contributed by atoms with van der Waals surface area (Å²) in [6, 6.07) is 15.6. The molecule has 2 aromatic carbocycles. The molecular formula is C21H24N2O3. The minimum absolute atomic E-state index is 0.0717. The summed E-state index contributed by atoms with van der Waals surface area (Å²) in [5.41, 5.74) is 8.47. The quantitative estimate of drug-likeness (QED) is 0.916. The number of carbonyl (C=O) groups excluding carboxylic acids is 1. The normalized spacial score (nSPS) is 20.8. The molecule has 2 aliphatic heterocycles. The van der Waals surface area contributed by atoms with Crippen molar-refractivity contribution in [1.29, 1.82) is 0 Å². The van der Waals surface area contributed by atoms with Gasteiger partial charge in [-0.2, -0.15) is 0 Å². The minimum atomic E-state index is -0.304. The van der Waals surface area contributed by atoms with Crippen LogP contribution >= 0.6 is 0 Å². The van der Waals surface area contributed by atoms with Crippen LogP contribution in [-0.4, -0.2) is 24.1 Å². The van der Waals surface area contributed by atoms with Gasteiger partial charge in [-0.3, -0.25) is 4.79 Å². The molecule has 1 fully saturated rings. The Labute approximate surface area is 153 Å². The van der Waals surface area contributed by atoms with Crippen LogP contribution in [0.5, 0.6) is 11.5 Å². The predicted molar refractivity (Wildman–Crippen MR) is 98.8 cm³/mol. The number of hydrogen-bond donors (Lipinski definition) is 1. The SMILES string of the molecule is CC(C(=O)N1CCCC1c1ccc2c(c1)OCO2)C(N)c1ccccc1. The third-order valence-electron chi connectivity index (χ3n) is 5.43. The maximum atomic E-state index is 13.2. The number of nitrogens with two attached hydrogens (primary N) is 1. The molecule has 0 radical (unpaired) electrons. The van der Waals surface area contributed by atoms with Crippen molar-refractivity contribution in [2.24, 2.45) is 11.7 Å². The molecule has 0 spiro atoms. The lowest BCUT2D eigenvalue weighted by Crippen LogP contribution is -2.39. The fourth-order valence-corrected chi connectivity index (χ4v) is 3.88. The maximum Gasteiger partial charge on any atom is 0.231 e. The molecule has 3 atom stereocenters. The number of likely N-dealkylation sites (tertiary alicyclic amines) is 1. The zero-order valence-electron chi connectivity index (χ0n) is 14.9. The molecule has 5 nitrogen and oxygen atoms in total. The van der Waals surface area contributed by atoms with Crippen molar-refractivity contribution < 1.29 is 14.3 Å². The Bertz CT molecular complexity index is 793. The Kier molecular flexibility index (Phi) is 4.55. The molecule has 2 heterocycles. The van der Waals surface area contributed by atoms with Crippen molar-refractivity contribution in [1.82, 2.24) is 4.90 Å². The van der Waals surface area contributed by atoms with Crippen molar-refractivity contribution in [2.45, 2.75) is 31.8 Å². The van der Waals surface area contributed by atoms with Crippen LogP contribution in [0.25, 0.3) is 0 Å². The fraction of sp³-hybridized carbons (Fsp3) is 0.381. The molecular weight excluding hydrogens is 328 g/mol. The first-order valence-corrected chi connectivity index (χ1v) is 9.15. The Hall–Kier alpha value is -2.53. The highest BCUT2D eigenvalue weighted by Gasteiger charge is 2.35. The predicted octanol–water partition coefficient (Wildman–Crippen LogP) is 3.41. The maximum absolute atomic E-state index is 13.2. The molecule has 2 N–H and O–H groups in total. The van der Waals surface area contributed by atoms with Gasteiger partial charge < -0.3 is 20.1 Å². The molecule has 1 amide bonds. The van der Waals surface area contributed by atoms with Crippen LogP contribution in [0.1, 0.15) is 43.0 Å². The van der Waals surface area contributed by atoms with Gasteiger partial charge in [0.05, 0.1) is 12.0 Å². The van der Waals surface area contributed by atoms with Gasteiger partial charge in [-0.1, -0.05) is 43.3 Å². The van der Waals surface area contributed by atoms with Crippen LogP contribution in [0.15, 0.2) is 48.5 Å². The van der Waals surface area contributed by atoms with Gasteiger partial charge in [0, 0.05) is 12.6 Å². The van der Waals surface area contributed by atoms with Crippen LogP contribution in [-0.2, 0) is 4.79 Å². The van der Waals surface area contributed by atoms with Gasteiger partial charge in [0.2, 0.25) is 12.7 Å². The molecule has 2 aromatic rings. The van der Waals surface area contributed by atoms with E-state index in [1.807, 2.05) is 60.4 Å². The second kappa shape index (κ2) is 7.00. The molecule has 0 aromatic heterocycles. The van der Waals surface area contributed by atoms with Crippen LogP contribution < -0.4 is 15.2 Å². The molecule has 26 heavy (non-hydrogen) atoms. The zero-order chi connectivity index (χ0) is 18.1. The summed E-state index contributed by atoms with van der Waals surface area (Å²) in [4.78, 5) is 15.1. The van der Waals surface area contributed by atoms with E-state index in [0.717, 1.165) is 42.0 Å². The van der Waals surface area contributed by atoms with Crippen LogP contribution in [0.3, 0.4) is 0 Å². The Morgan fingerprint density at radius 1 is 1.15 bits per heavy atom. The van der Waals surface area contributed by atoms with Crippen molar-refractivity contribution in [2.75, 3.05) is 13.3 Å². The Balaban J connectivity index is 1.53. The highest BCUT2D eigenvalue weighted by atomic mass is 16.7. The molecule has 0 aliphatic carbocycles. The summed E-state index contributed by atoms with van der Waals surface area (Å²) in [5, 5.41) is 0. The van der Waals surface area contributed by atoms with Crippen LogP contribution in [0.2, 0.25) is 0 Å². The van der Waals surface area contributed by atoms with Gasteiger partial charge in [0.1, 0.15) is 0 Å². The lowest BCUT2D eigenvalue weighted by atomic mass is 9.93. The third-order valence-corrected chi connectivity index (χ3v) is 5.43. The minimum Gasteiger partial charge on any atom is -0.454 e. The van der Waals surface area contributed by atoms with Gasteiger partial charge in [-0.25, -0.2) is 0 Å². The Morgan fingerprint density at radius 3 is 2.73 bits per heavy atom.